The van der Waals surface area contributed by atoms with Gasteiger partial charge in [-0.3, -0.25) is 14.4 Å². The fourth-order valence-corrected chi connectivity index (χ4v) is 7.44. The number of benzene rings is 3. The molecule has 14 nitrogen and oxygen atoms in total. The predicted octanol–water partition coefficient (Wildman–Crippen LogP) is -3.29. The van der Waals surface area contributed by atoms with Crippen molar-refractivity contribution in [3.63, 3.8) is 0 Å². The first-order valence-electron chi connectivity index (χ1n) is 17.0. The van der Waals surface area contributed by atoms with Crippen molar-refractivity contribution in [1.29, 1.82) is 0 Å². The molecule has 3 aromatic carbocycles. The summed E-state index contributed by atoms with van der Waals surface area (Å²) in [6.45, 7) is 4.19. The van der Waals surface area contributed by atoms with Crippen LogP contribution >= 0.6 is 7.82 Å². The number of carbonyl (C=O) groups excluding carboxylic acids is 4. The zero-order valence-corrected chi connectivity index (χ0v) is 35.1. The van der Waals surface area contributed by atoms with Gasteiger partial charge in [-0.25, -0.2) is 14.8 Å². The van der Waals surface area contributed by atoms with Crippen molar-refractivity contribution in [2.24, 2.45) is 5.92 Å². The minimum Gasteiger partial charge on any atom is -0.780 e. The number of carbonyl (C=O) groups is 4. The maximum Gasteiger partial charge on any atom is 1.00 e. The largest absolute Gasteiger partial charge is 1.00 e. The summed E-state index contributed by atoms with van der Waals surface area (Å²) in [5.41, 5.74) is 3.55. The van der Waals surface area contributed by atoms with Crippen LogP contribution in [0.15, 0.2) is 91.6 Å². The minimum absolute atomic E-state index is 0. The Morgan fingerprint density at radius 1 is 0.981 bits per heavy atom. The van der Waals surface area contributed by atoms with E-state index in [-0.39, 0.29) is 128 Å². The topological polar surface area (TPSA) is 181 Å². The average molecular weight is 771 g/mol. The van der Waals surface area contributed by atoms with E-state index in [0.717, 1.165) is 34.9 Å². The van der Waals surface area contributed by atoms with Gasteiger partial charge in [0.25, 0.3) is 0 Å². The number of urea groups is 1. The van der Waals surface area contributed by atoms with E-state index in [4.69, 9.17) is 0 Å². The van der Waals surface area contributed by atoms with Crippen LogP contribution in [0.5, 0.6) is 5.75 Å². The molecule has 4 aromatic rings. The number of nitrogens with one attached hydrogen (secondary N) is 2. The Balaban J connectivity index is 0.00000280. The van der Waals surface area contributed by atoms with E-state index in [1.54, 1.807) is 22.2 Å². The van der Waals surface area contributed by atoms with Crippen molar-refractivity contribution in [3.8, 4) is 5.75 Å². The summed E-state index contributed by atoms with van der Waals surface area (Å²) >= 11 is 0. The number of Topliss-reactive ketones (excluding diaryl/α,β-unsaturated/α-hetero) is 1. The van der Waals surface area contributed by atoms with Crippen molar-refractivity contribution in [2.45, 2.75) is 44.6 Å². The molecule has 270 valence electrons. The number of aromatic nitrogens is 1. The Kier molecular flexibility index (Phi) is 13.7. The Morgan fingerprint density at radius 3 is 2.37 bits per heavy atom. The monoisotopic (exact) mass is 770 g/mol. The molecule has 0 radical (unpaired) electrons. The minimum atomic E-state index is -5.28. The first-order chi connectivity index (χ1) is 25.0. The summed E-state index contributed by atoms with van der Waals surface area (Å²) in [6, 6.07) is 19.1. The summed E-state index contributed by atoms with van der Waals surface area (Å²) in [7, 11) is -5.28. The molecular weight excluding hydrogens is 733 g/mol. The number of nitrogens with zero attached hydrogens (tertiary/aromatic N) is 4. The molecule has 1 aliphatic carbocycles. The second-order valence-corrected chi connectivity index (χ2v) is 14.3. The van der Waals surface area contributed by atoms with Crippen LogP contribution in [0.25, 0.3) is 10.9 Å². The quantitative estimate of drug-likeness (QED) is 0.0647. The molecule has 4 amide bonds. The summed E-state index contributed by atoms with van der Waals surface area (Å²) in [4.78, 5) is 84.2. The number of phosphoric ester groups is 1. The standard InChI is InChI=1S/C37H39N6O8P.2Na/c1-2-17-41-23-33(44)42-31(18-24-11-15-28(16-12-24)51-52(48,49)50)36(46)40(22-32(42)43(41)37(47)39-19-25-7-4-3-5-8-25)21-27-9-6-10-29-30(20-38-34(27)29)35(45)26-13-14-26;;/h2-12,15-16,20,26,31-32,38H,1,13-14,17-19,21-23H2,(H,39,47)(H2,48,49,50);;/q;2*+1/p-2/t31-,32-;;/m0../s1. The van der Waals surface area contributed by atoms with Gasteiger partial charge in [-0.05, 0) is 41.7 Å². The van der Waals surface area contributed by atoms with Crippen molar-refractivity contribution < 1.29 is 97.2 Å². The maximum atomic E-state index is 14.5. The summed E-state index contributed by atoms with van der Waals surface area (Å²) < 4.78 is 15.6. The third kappa shape index (κ3) is 9.22. The number of ketones is 1. The number of hydrogen-bond acceptors (Lipinski definition) is 9. The number of aromatic amines is 1. The van der Waals surface area contributed by atoms with Gasteiger partial charge in [0.05, 0.1) is 18.6 Å². The maximum absolute atomic E-state index is 14.5. The molecule has 2 N–H and O–H groups in total. The van der Waals surface area contributed by atoms with Crippen LogP contribution in [0.4, 0.5) is 4.79 Å². The number of H-pyrrole nitrogens is 1. The molecule has 0 unspecified atom stereocenters. The third-order valence-corrected chi connectivity index (χ3v) is 10.0. The van der Waals surface area contributed by atoms with Crippen LogP contribution < -0.4 is 78.7 Å². The van der Waals surface area contributed by atoms with Crippen molar-refractivity contribution in [2.75, 3.05) is 19.6 Å². The van der Waals surface area contributed by atoms with Gasteiger partial charge in [0.2, 0.25) is 11.8 Å². The Morgan fingerprint density at radius 2 is 1.70 bits per heavy atom. The average Bonchev–Trinajstić information content (AvgIpc) is 3.88. The molecule has 2 atom stereocenters. The van der Waals surface area contributed by atoms with Gasteiger partial charge in [0, 0.05) is 49.1 Å². The summed E-state index contributed by atoms with van der Waals surface area (Å²) in [5, 5.41) is 6.83. The van der Waals surface area contributed by atoms with Crippen LogP contribution in [0.2, 0.25) is 0 Å². The van der Waals surface area contributed by atoms with Crippen molar-refractivity contribution in [1.82, 2.24) is 30.1 Å². The molecule has 3 heterocycles. The van der Waals surface area contributed by atoms with E-state index in [1.807, 2.05) is 48.5 Å². The molecule has 0 bridgehead atoms. The van der Waals surface area contributed by atoms with Crippen LogP contribution in [-0.2, 0) is 33.7 Å². The van der Waals surface area contributed by atoms with E-state index >= 15 is 0 Å². The zero-order valence-electron chi connectivity index (χ0n) is 30.2. The molecule has 3 aliphatic rings. The fourth-order valence-electron chi connectivity index (χ4n) is 7.06. The van der Waals surface area contributed by atoms with E-state index in [1.165, 1.54) is 34.2 Å². The summed E-state index contributed by atoms with van der Waals surface area (Å²) in [6.07, 6.45) is 4.19. The summed E-state index contributed by atoms with van der Waals surface area (Å²) in [5.74, 6) is -0.762. The number of fused-ring (bicyclic) bond motifs is 2. The van der Waals surface area contributed by atoms with Gasteiger partial charge < -0.3 is 39.0 Å². The molecule has 1 saturated carbocycles. The molecular formula is C37H37N6Na2O8P. The molecule has 17 heteroatoms. The molecule has 2 saturated heterocycles. The number of para-hydroxylation sites is 1. The van der Waals surface area contributed by atoms with Crippen LogP contribution in [0.3, 0.4) is 0 Å². The number of piperazine rings is 1. The second-order valence-electron chi connectivity index (χ2n) is 13.2. The number of rotatable bonds is 12. The van der Waals surface area contributed by atoms with Crippen LogP contribution in [0, 0.1) is 5.92 Å². The van der Waals surface area contributed by atoms with E-state index < -0.39 is 26.1 Å². The molecule has 54 heavy (non-hydrogen) atoms. The number of hydrogen-bond donors (Lipinski definition) is 2. The normalized spacial score (nSPS) is 18.7. The van der Waals surface area contributed by atoms with E-state index in [0.29, 0.717) is 11.1 Å². The Hall–Kier alpha value is -3.27. The van der Waals surface area contributed by atoms with Gasteiger partial charge in [-0.2, -0.15) is 0 Å². The fraction of sp³-hybridized carbons (Fsp3) is 0.297. The number of amides is 4. The predicted molar refractivity (Wildman–Crippen MR) is 186 cm³/mol. The smallest absolute Gasteiger partial charge is 0.780 e. The van der Waals surface area contributed by atoms with E-state index in [2.05, 4.69) is 21.4 Å². The third-order valence-electron chi connectivity index (χ3n) is 9.61. The van der Waals surface area contributed by atoms with Gasteiger partial charge in [0.15, 0.2) is 5.78 Å². The second kappa shape index (κ2) is 17.7. The van der Waals surface area contributed by atoms with Gasteiger partial charge in [-0.1, -0.05) is 66.7 Å². The first kappa shape index (κ1) is 41.9. The Labute approximate surface area is 356 Å². The Bertz CT molecular complexity index is 2070. The molecule has 1 aromatic heterocycles. The zero-order chi connectivity index (χ0) is 36.6. The number of phosphoric acid groups is 1. The number of hydrazine groups is 1. The van der Waals surface area contributed by atoms with Gasteiger partial charge in [-0.15, -0.1) is 6.58 Å². The molecule has 3 fully saturated rings. The van der Waals surface area contributed by atoms with Crippen molar-refractivity contribution >= 4 is 42.4 Å². The SMILES string of the molecule is C=CCN1CC(=O)N2[C@@H](Cc3ccc(OP(=O)([O-])[O-])cc3)C(=O)N(Cc3cccc4c(C(=O)C5CC5)c[nH]c34)C[C@@H]2N1C(=O)NCc1ccccc1.[Na+].[Na+]. The van der Waals surface area contributed by atoms with Crippen molar-refractivity contribution in [3.05, 3.63) is 114 Å². The van der Waals surface area contributed by atoms with Crippen LogP contribution in [0.1, 0.15) is 39.9 Å². The van der Waals surface area contributed by atoms with Gasteiger partial charge >= 0.3 is 65.1 Å². The first-order valence-corrected chi connectivity index (χ1v) is 18.5. The molecule has 7 rings (SSSR count). The van der Waals surface area contributed by atoms with Gasteiger partial charge in [0.1, 0.15) is 25.8 Å². The van der Waals surface area contributed by atoms with Crippen LogP contribution in [-0.4, -0.2) is 80.3 Å². The molecule has 2 aliphatic heterocycles. The molecule has 0 spiro atoms. The van der Waals surface area contributed by atoms with E-state index in [9.17, 15) is 33.5 Å².